The number of hydrogen-bond donors (Lipinski definition) is 3. The van der Waals surface area contributed by atoms with Crippen molar-refractivity contribution in [3.63, 3.8) is 0 Å². The maximum absolute atomic E-state index is 12.5. The maximum Gasteiger partial charge on any atom is 0.293 e. The number of nitro groups is 1. The first-order valence-corrected chi connectivity index (χ1v) is 10.7. The van der Waals surface area contributed by atoms with Crippen molar-refractivity contribution in [2.75, 3.05) is 11.9 Å². The van der Waals surface area contributed by atoms with Gasteiger partial charge in [-0.3, -0.25) is 10.1 Å². The Morgan fingerprint density at radius 1 is 1.22 bits per heavy atom. The number of sulfonamides is 1. The molecule has 0 bridgehead atoms. The molecule has 0 aromatic heterocycles. The van der Waals surface area contributed by atoms with Gasteiger partial charge in [-0.05, 0) is 45.7 Å². The zero-order chi connectivity index (χ0) is 20.2. The van der Waals surface area contributed by atoms with Crippen LogP contribution in [0.3, 0.4) is 0 Å². The summed E-state index contributed by atoms with van der Waals surface area (Å²) in [6.07, 6.45) is 4.77. The van der Waals surface area contributed by atoms with E-state index in [4.69, 9.17) is 0 Å². The van der Waals surface area contributed by atoms with Crippen LogP contribution in [0.5, 0.6) is 0 Å². The van der Waals surface area contributed by atoms with Crippen molar-refractivity contribution in [1.82, 2.24) is 4.72 Å². The van der Waals surface area contributed by atoms with Gasteiger partial charge in [-0.25, -0.2) is 13.1 Å². The molecule has 0 spiro atoms. The Morgan fingerprint density at radius 2 is 1.89 bits per heavy atom. The molecule has 0 aliphatic heterocycles. The SMILES string of the molecule is CC(C)(C)NS(=O)(=O)c1ccc(N[C@@H]2CCCCC[C@H]2CO)c([N+](=O)[O-])c1. The van der Waals surface area contributed by atoms with Gasteiger partial charge < -0.3 is 10.4 Å². The number of nitrogens with one attached hydrogen (secondary N) is 2. The van der Waals surface area contributed by atoms with Crippen LogP contribution in [0.15, 0.2) is 23.1 Å². The molecule has 2 atom stereocenters. The summed E-state index contributed by atoms with van der Waals surface area (Å²) in [6.45, 7) is 5.13. The van der Waals surface area contributed by atoms with Gasteiger partial charge in [0.15, 0.2) is 0 Å². The Hall–Kier alpha value is -1.71. The van der Waals surface area contributed by atoms with Gasteiger partial charge in [0.1, 0.15) is 5.69 Å². The molecule has 8 nitrogen and oxygen atoms in total. The molecule has 1 aromatic carbocycles. The third-order valence-corrected chi connectivity index (χ3v) is 6.41. The van der Waals surface area contributed by atoms with Crippen LogP contribution in [0.4, 0.5) is 11.4 Å². The second-order valence-electron chi connectivity index (χ2n) is 8.12. The highest BCUT2D eigenvalue weighted by Gasteiger charge is 2.28. The standard InChI is InChI=1S/C18H29N3O5S/c1-18(2,3)20-27(25,26)14-9-10-16(17(11-14)21(23)24)19-15-8-6-4-5-7-13(15)12-22/h9-11,13,15,19-20,22H,4-8,12H2,1-3H3/t13-,15+/m0/s1. The number of benzene rings is 1. The summed E-state index contributed by atoms with van der Waals surface area (Å²) in [7, 11) is -3.87. The minimum atomic E-state index is -3.87. The van der Waals surface area contributed by atoms with Crippen LogP contribution < -0.4 is 10.0 Å². The monoisotopic (exact) mass is 399 g/mol. The molecule has 0 heterocycles. The summed E-state index contributed by atoms with van der Waals surface area (Å²) in [4.78, 5) is 10.8. The van der Waals surface area contributed by atoms with Gasteiger partial charge in [0.2, 0.25) is 10.0 Å². The predicted molar refractivity (Wildman–Crippen MR) is 104 cm³/mol. The van der Waals surface area contributed by atoms with Gasteiger partial charge in [-0.15, -0.1) is 0 Å². The van der Waals surface area contributed by atoms with E-state index in [1.54, 1.807) is 20.8 Å². The number of anilines is 1. The molecule has 0 saturated heterocycles. The van der Waals surface area contributed by atoms with Gasteiger partial charge in [0.05, 0.1) is 9.82 Å². The Bertz CT molecular complexity index is 774. The van der Waals surface area contributed by atoms with E-state index >= 15 is 0 Å². The fourth-order valence-corrected chi connectivity index (χ4v) is 4.84. The highest BCUT2D eigenvalue weighted by Crippen LogP contribution is 2.32. The molecule has 3 N–H and O–H groups in total. The van der Waals surface area contributed by atoms with Crippen molar-refractivity contribution in [3.8, 4) is 0 Å². The molecule has 0 unspecified atom stereocenters. The van der Waals surface area contributed by atoms with Gasteiger partial charge in [-0.1, -0.05) is 19.3 Å². The number of aliphatic hydroxyl groups excluding tert-OH is 1. The number of hydrogen-bond acceptors (Lipinski definition) is 6. The minimum absolute atomic E-state index is 0.0213. The lowest BCUT2D eigenvalue weighted by molar-refractivity contribution is -0.384. The predicted octanol–water partition coefficient (Wildman–Crippen LogP) is 3.02. The van der Waals surface area contributed by atoms with Crippen LogP contribution in [-0.4, -0.2) is 36.6 Å². The van der Waals surface area contributed by atoms with E-state index in [9.17, 15) is 23.6 Å². The fourth-order valence-electron chi connectivity index (χ4n) is 3.41. The fraction of sp³-hybridized carbons (Fsp3) is 0.667. The molecule has 27 heavy (non-hydrogen) atoms. The van der Waals surface area contributed by atoms with Gasteiger partial charge in [0.25, 0.3) is 5.69 Å². The second kappa shape index (κ2) is 8.53. The number of nitrogens with zero attached hydrogens (tertiary/aromatic N) is 1. The summed E-state index contributed by atoms with van der Waals surface area (Å²) in [5.41, 5.74) is -0.702. The minimum Gasteiger partial charge on any atom is -0.396 e. The van der Waals surface area contributed by atoms with E-state index < -0.39 is 20.5 Å². The first kappa shape index (κ1) is 21.6. The molecular formula is C18H29N3O5S. The van der Waals surface area contributed by atoms with E-state index in [-0.39, 0.29) is 34.8 Å². The molecule has 152 valence electrons. The van der Waals surface area contributed by atoms with Crippen LogP contribution in [0, 0.1) is 16.0 Å². The van der Waals surface area contributed by atoms with Crippen molar-refractivity contribution < 1.29 is 18.4 Å². The van der Waals surface area contributed by atoms with Crippen LogP contribution in [0.25, 0.3) is 0 Å². The molecule has 9 heteroatoms. The normalized spacial score (nSPS) is 21.5. The van der Waals surface area contributed by atoms with E-state index in [0.717, 1.165) is 38.2 Å². The van der Waals surface area contributed by atoms with Gasteiger partial charge >= 0.3 is 0 Å². The quantitative estimate of drug-likeness (QED) is 0.384. The summed E-state index contributed by atoms with van der Waals surface area (Å²) < 4.78 is 27.5. The van der Waals surface area contributed by atoms with E-state index in [0.29, 0.717) is 0 Å². The van der Waals surface area contributed by atoms with Crippen LogP contribution in [0.1, 0.15) is 52.9 Å². The van der Waals surface area contributed by atoms with Crippen molar-refractivity contribution >= 4 is 21.4 Å². The first-order chi connectivity index (χ1) is 12.5. The molecule has 1 aliphatic carbocycles. The smallest absolute Gasteiger partial charge is 0.293 e. The van der Waals surface area contributed by atoms with Crippen LogP contribution in [-0.2, 0) is 10.0 Å². The molecule has 0 amide bonds. The number of aliphatic hydroxyl groups is 1. The van der Waals surface area contributed by atoms with Crippen molar-refractivity contribution in [2.45, 2.75) is 69.4 Å². The summed E-state index contributed by atoms with van der Waals surface area (Å²) >= 11 is 0. The lowest BCUT2D eigenvalue weighted by atomic mass is 9.95. The Morgan fingerprint density at radius 3 is 2.48 bits per heavy atom. The van der Waals surface area contributed by atoms with Crippen LogP contribution >= 0.6 is 0 Å². The average molecular weight is 400 g/mol. The molecule has 1 aliphatic rings. The van der Waals surface area contributed by atoms with Crippen molar-refractivity contribution in [1.29, 1.82) is 0 Å². The molecule has 1 fully saturated rings. The lowest BCUT2D eigenvalue weighted by Crippen LogP contribution is -2.40. The topological polar surface area (TPSA) is 122 Å². The summed E-state index contributed by atoms with van der Waals surface area (Å²) in [5.74, 6) is 0.0260. The lowest BCUT2D eigenvalue weighted by Gasteiger charge is -2.25. The zero-order valence-corrected chi connectivity index (χ0v) is 16.9. The van der Waals surface area contributed by atoms with Crippen molar-refractivity contribution in [3.05, 3.63) is 28.3 Å². The average Bonchev–Trinajstić information content (AvgIpc) is 2.77. The first-order valence-electron chi connectivity index (χ1n) is 9.23. The third kappa shape index (κ3) is 5.88. The number of rotatable bonds is 6. The van der Waals surface area contributed by atoms with Gasteiger partial charge in [0, 0.05) is 30.2 Å². The number of nitro benzene ring substituents is 1. The summed E-state index contributed by atoms with van der Waals surface area (Å²) in [6, 6.07) is 3.82. The van der Waals surface area contributed by atoms with E-state index in [1.165, 1.54) is 12.1 Å². The second-order valence-corrected chi connectivity index (χ2v) is 9.81. The Labute approximate surface area is 160 Å². The Balaban J connectivity index is 2.34. The molecule has 0 radical (unpaired) electrons. The zero-order valence-electron chi connectivity index (χ0n) is 16.1. The highest BCUT2D eigenvalue weighted by atomic mass is 32.2. The van der Waals surface area contributed by atoms with E-state index in [1.807, 2.05) is 0 Å². The highest BCUT2D eigenvalue weighted by molar-refractivity contribution is 7.89. The molecule has 1 saturated carbocycles. The van der Waals surface area contributed by atoms with Crippen LogP contribution in [0.2, 0.25) is 0 Å². The van der Waals surface area contributed by atoms with Gasteiger partial charge in [-0.2, -0.15) is 0 Å². The maximum atomic E-state index is 12.5. The molecule has 1 aromatic rings. The molecular weight excluding hydrogens is 370 g/mol. The van der Waals surface area contributed by atoms with E-state index in [2.05, 4.69) is 10.0 Å². The van der Waals surface area contributed by atoms with Crippen molar-refractivity contribution in [2.24, 2.45) is 5.92 Å². The largest absolute Gasteiger partial charge is 0.396 e. The molecule has 2 rings (SSSR count). The third-order valence-electron chi connectivity index (χ3n) is 4.65. The summed E-state index contributed by atoms with van der Waals surface area (Å²) in [5, 5.41) is 24.4. The Kier molecular flexibility index (Phi) is 6.82.